The summed E-state index contributed by atoms with van der Waals surface area (Å²) in [6.07, 6.45) is 2.84. The number of hydrogen-bond acceptors (Lipinski definition) is 3. The molecule has 2 unspecified atom stereocenters. The molecule has 0 radical (unpaired) electrons. The molecule has 0 aromatic rings. The molecule has 0 aliphatic carbocycles. The van der Waals surface area contributed by atoms with Gasteiger partial charge in [0.05, 0.1) is 12.7 Å². The lowest BCUT2D eigenvalue weighted by Gasteiger charge is -2.14. The first-order chi connectivity index (χ1) is 6.20. The molecular formula is C10H23NO2. The number of ether oxygens (including phenoxy) is 1. The second-order valence-electron chi connectivity index (χ2n) is 3.54. The highest BCUT2D eigenvalue weighted by atomic mass is 16.5. The van der Waals surface area contributed by atoms with Gasteiger partial charge in [0.2, 0.25) is 0 Å². The molecule has 3 heteroatoms. The van der Waals surface area contributed by atoms with Crippen molar-refractivity contribution in [2.45, 2.75) is 45.3 Å². The maximum atomic E-state index is 9.33. The third-order valence-electron chi connectivity index (χ3n) is 2.05. The minimum atomic E-state index is -0.327. The van der Waals surface area contributed by atoms with Crippen molar-refractivity contribution in [1.29, 1.82) is 0 Å². The van der Waals surface area contributed by atoms with Crippen LogP contribution in [0.15, 0.2) is 0 Å². The van der Waals surface area contributed by atoms with E-state index in [9.17, 15) is 5.11 Å². The lowest BCUT2D eigenvalue weighted by atomic mass is 10.2. The van der Waals surface area contributed by atoms with Crippen molar-refractivity contribution in [3.8, 4) is 0 Å². The Labute approximate surface area is 81.5 Å². The van der Waals surface area contributed by atoms with Crippen LogP contribution in [0.25, 0.3) is 0 Å². The van der Waals surface area contributed by atoms with E-state index in [0.717, 1.165) is 13.0 Å². The number of hydrogen-bond donors (Lipinski definition) is 2. The van der Waals surface area contributed by atoms with E-state index in [1.165, 1.54) is 12.8 Å². The molecule has 0 fully saturated rings. The molecule has 13 heavy (non-hydrogen) atoms. The SMILES string of the molecule is CCCC(C)NCCC(O)COC. The van der Waals surface area contributed by atoms with Gasteiger partial charge in [-0.2, -0.15) is 0 Å². The average Bonchev–Trinajstić information content (AvgIpc) is 2.05. The van der Waals surface area contributed by atoms with Gasteiger partial charge in [-0.15, -0.1) is 0 Å². The Morgan fingerprint density at radius 3 is 2.62 bits per heavy atom. The Hall–Kier alpha value is -0.120. The quantitative estimate of drug-likeness (QED) is 0.602. The Balaban J connectivity index is 3.23. The number of aliphatic hydroxyl groups excluding tert-OH is 1. The van der Waals surface area contributed by atoms with E-state index >= 15 is 0 Å². The first-order valence-electron chi connectivity index (χ1n) is 5.11. The van der Waals surface area contributed by atoms with E-state index in [1.54, 1.807) is 7.11 Å². The second kappa shape index (κ2) is 8.48. The van der Waals surface area contributed by atoms with Gasteiger partial charge in [0.25, 0.3) is 0 Å². The maximum absolute atomic E-state index is 9.33. The summed E-state index contributed by atoms with van der Waals surface area (Å²) in [6.45, 7) is 5.65. The van der Waals surface area contributed by atoms with E-state index in [0.29, 0.717) is 12.6 Å². The van der Waals surface area contributed by atoms with Crippen LogP contribution < -0.4 is 5.32 Å². The average molecular weight is 189 g/mol. The zero-order chi connectivity index (χ0) is 10.1. The van der Waals surface area contributed by atoms with Crippen molar-refractivity contribution in [1.82, 2.24) is 5.32 Å². The van der Waals surface area contributed by atoms with Gasteiger partial charge in [-0.1, -0.05) is 13.3 Å². The van der Waals surface area contributed by atoms with Crippen LogP contribution in [0.4, 0.5) is 0 Å². The Morgan fingerprint density at radius 1 is 1.38 bits per heavy atom. The highest BCUT2D eigenvalue weighted by molar-refractivity contribution is 4.62. The summed E-state index contributed by atoms with van der Waals surface area (Å²) in [5.41, 5.74) is 0. The molecule has 0 saturated carbocycles. The molecule has 0 aromatic heterocycles. The van der Waals surface area contributed by atoms with Gasteiger partial charge in [-0.3, -0.25) is 0 Å². The third kappa shape index (κ3) is 8.22. The summed E-state index contributed by atoms with van der Waals surface area (Å²) < 4.78 is 4.83. The molecule has 0 spiro atoms. The van der Waals surface area contributed by atoms with Crippen LogP contribution in [0, 0.1) is 0 Å². The summed E-state index contributed by atoms with van der Waals surface area (Å²) in [5.74, 6) is 0. The summed E-state index contributed by atoms with van der Waals surface area (Å²) in [6, 6.07) is 0.555. The smallest absolute Gasteiger partial charge is 0.0785 e. The zero-order valence-corrected chi connectivity index (χ0v) is 9.05. The van der Waals surface area contributed by atoms with Gasteiger partial charge in [0, 0.05) is 13.2 Å². The van der Waals surface area contributed by atoms with Crippen LogP contribution in [0.3, 0.4) is 0 Å². The number of nitrogens with one attached hydrogen (secondary N) is 1. The Kier molecular flexibility index (Phi) is 8.40. The molecule has 2 N–H and O–H groups in total. The van der Waals surface area contributed by atoms with Gasteiger partial charge in [-0.25, -0.2) is 0 Å². The van der Waals surface area contributed by atoms with E-state index in [4.69, 9.17) is 4.74 Å². The number of methoxy groups -OCH3 is 1. The molecule has 0 bridgehead atoms. The first kappa shape index (κ1) is 12.9. The number of aliphatic hydroxyl groups is 1. The molecule has 0 aromatic carbocycles. The largest absolute Gasteiger partial charge is 0.391 e. The van der Waals surface area contributed by atoms with E-state index in [-0.39, 0.29) is 6.10 Å². The fourth-order valence-corrected chi connectivity index (χ4v) is 1.31. The Morgan fingerprint density at radius 2 is 2.08 bits per heavy atom. The van der Waals surface area contributed by atoms with Crippen molar-refractivity contribution in [2.75, 3.05) is 20.3 Å². The highest BCUT2D eigenvalue weighted by Crippen LogP contribution is 1.96. The van der Waals surface area contributed by atoms with Crippen LogP contribution in [0.1, 0.15) is 33.1 Å². The lowest BCUT2D eigenvalue weighted by molar-refractivity contribution is 0.0590. The fraction of sp³-hybridized carbons (Fsp3) is 1.00. The van der Waals surface area contributed by atoms with Gasteiger partial charge in [0.15, 0.2) is 0 Å². The molecule has 0 aliphatic rings. The van der Waals surface area contributed by atoms with Crippen molar-refractivity contribution < 1.29 is 9.84 Å². The minimum Gasteiger partial charge on any atom is -0.391 e. The van der Waals surface area contributed by atoms with E-state index in [1.807, 2.05) is 0 Å². The highest BCUT2D eigenvalue weighted by Gasteiger charge is 2.04. The first-order valence-corrected chi connectivity index (χ1v) is 5.11. The van der Waals surface area contributed by atoms with Crippen molar-refractivity contribution in [2.24, 2.45) is 0 Å². The van der Waals surface area contributed by atoms with Crippen LogP contribution in [0.5, 0.6) is 0 Å². The zero-order valence-electron chi connectivity index (χ0n) is 9.05. The van der Waals surface area contributed by atoms with Gasteiger partial charge in [0.1, 0.15) is 0 Å². The molecule has 2 atom stereocenters. The van der Waals surface area contributed by atoms with Gasteiger partial charge >= 0.3 is 0 Å². The number of rotatable bonds is 8. The Bertz CT molecular complexity index is 97.1. The summed E-state index contributed by atoms with van der Waals surface area (Å²) in [4.78, 5) is 0. The monoisotopic (exact) mass is 189 g/mol. The van der Waals surface area contributed by atoms with Crippen LogP contribution in [0.2, 0.25) is 0 Å². The third-order valence-corrected chi connectivity index (χ3v) is 2.05. The van der Waals surface area contributed by atoms with Crippen LogP contribution >= 0.6 is 0 Å². The molecule has 3 nitrogen and oxygen atoms in total. The molecule has 0 aliphatic heterocycles. The molecule has 80 valence electrons. The van der Waals surface area contributed by atoms with Crippen molar-refractivity contribution in [3.05, 3.63) is 0 Å². The topological polar surface area (TPSA) is 41.5 Å². The van der Waals surface area contributed by atoms with E-state index in [2.05, 4.69) is 19.2 Å². The summed E-state index contributed by atoms with van der Waals surface area (Å²) >= 11 is 0. The van der Waals surface area contributed by atoms with Crippen molar-refractivity contribution >= 4 is 0 Å². The predicted octanol–water partition coefficient (Wildman–Crippen LogP) is 1.16. The van der Waals surface area contributed by atoms with Crippen LogP contribution in [-0.4, -0.2) is 37.5 Å². The lowest BCUT2D eigenvalue weighted by Crippen LogP contribution is -2.30. The molecule has 0 heterocycles. The predicted molar refractivity (Wildman–Crippen MR) is 54.9 cm³/mol. The summed E-state index contributed by atoms with van der Waals surface area (Å²) in [5, 5.41) is 12.7. The molecule has 0 rings (SSSR count). The second-order valence-corrected chi connectivity index (χ2v) is 3.54. The fourth-order valence-electron chi connectivity index (χ4n) is 1.31. The van der Waals surface area contributed by atoms with Gasteiger partial charge < -0.3 is 15.2 Å². The standard InChI is InChI=1S/C10H23NO2/c1-4-5-9(2)11-7-6-10(12)8-13-3/h9-12H,4-8H2,1-3H3. The molecule has 0 amide bonds. The molecular weight excluding hydrogens is 166 g/mol. The molecule has 0 saturated heterocycles. The van der Waals surface area contributed by atoms with Crippen LogP contribution in [-0.2, 0) is 4.74 Å². The minimum absolute atomic E-state index is 0.327. The maximum Gasteiger partial charge on any atom is 0.0785 e. The van der Waals surface area contributed by atoms with Crippen molar-refractivity contribution in [3.63, 3.8) is 0 Å². The van der Waals surface area contributed by atoms with E-state index < -0.39 is 0 Å². The normalized spacial score (nSPS) is 15.7. The van der Waals surface area contributed by atoms with Gasteiger partial charge in [-0.05, 0) is 26.3 Å². The summed E-state index contributed by atoms with van der Waals surface area (Å²) in [7, 11) is 1.61.